The van der Waals surface area contributed by atoms with Crippen LogP contribution in [0.25, 0.3) is 0 Å². The van der Waals surface area contributed by atoms with Gasteiger partial charge < -0.3 is 15.5 Å². The fraction of sp³-hybridized carbons (Fsp3) is 0.562. The zero-order chi connectivity index (χ0) is 14.2. The normalized spacial score (nSPS) is 14.3. The lowest BCUT2D eigenvalue weighted by molar-refractivity contribution is -0.119. The number of benzene rings is 1. The standard InChI is InChI=1S/C16H25N3O/c1-2-3-10-17-16(20)13-18-14-6-8-15(9-7-14)19-11-4-5-12-19/h6-9,18H,2-5,10-13H2,1H3,(H,17,20). The van der Waals surface area contributed by atoms with Gasteiger partial charge in [0.2, 0.25) is 5.91 Å². The van der Waals surface area contributed by atoms with Gasteiger partial charge in [0.1, 0.15) is 0 Å². The molecule has 0 atom stereocenters. The van der Waals surface area contributed by atoms with E-state index in [1.54, 1.807) is 0 Å². The van der Waals surface area contributed by atoms with Crippen LogP contribution in [0.1, 0.15) is 32.6 Å². The highest BCUT2D eigenvalue weighted by molar-refractivity contribution is 5.80. The quantitative estimate of drug-likeness (QED) is 0.752. The molecule has 20 heavy (non-hydrogen) atoms. The van der Waals surface area contributed by atoms with Crippen molar-refractivity contribution in [3.05, 3.63) is 24.3 Å². The van der Waals surface area contributed by atoms with E-state index < -0.39 is 0 Å². The number of carbonyl (C=O) groups is 1. The average Bonchev–Trinajstić information content (AvgIpc) is 3.00. The van der Waals surface area contributed by atoms with Crippen molar-refractivity contribution in [1.82, 2.24) is 5.32 Å². The molecule has 1 aliphatic heterocycles. The van der Waals surface area contributed by atoms with Crippen LogP contribution >= 0.6 is 0 Å². The SMILES string of the molecule is CCCCNC(=O)CNc1ccc(N2CCCC2)cc1. The Hall–Kier alpha value is -1.71. The molecule has 0 bridgehead atoms. The van der Waals surface area contributed by atoms with Gasteiger partial charge in [-0.2, -0.15) is 0 Å². The van der Waals surface area contributed by atoms with Crippen molar-refractivity contribution >= 4 is 17.3 Å². The maximum absolute atomic E-state index is 11.6. The summed E-state index contributed by atoms with van der Waals surface area (Å²) < 4.78 is 0. The molecule has 0 aromatic heterocycles. The van der Waals surface area contributed by atoms with Crippen LogP contribution in [-0.2, 0) is 4.79 Å². The molecular formula is C16H25N3O. The summed E-state index contributed by atoms with van der Waals surface area (Å²) in [6.07, 6.45) is 4.72. The average molecular weight is 275 g/mol. The van der Waals surface area contributed by atoms with Crippen LogP contribution < -0.4 is 15.5 Å². The van der Waals surface area contributed by atoms with E-state index in [0.717, 1.165) is 38.2 Å². The summed E-state index contributed by atoms with van der Waals surface area (Å²) in [4.78, 5) is 14.0. The topological polar surface area (TPSA) is 44.4 Å². The smallest absolute Gasteiger partial charge is 0.239 e. The number of anilines is 2. The number of hydrogen-bond donors (Lipinski definition) is 2. The van der Waals surface area contributed by atoms with Crippen LogP contribution in [0.3, 0.4) is 0 Å². The number of rotatable bonds is 7. The zero-order valence-electron chi connectivity index (χ0n) is 12.3. The van der Waals surface area contributed by atoms with E-state index in [-0.39, 0.29) is 5.91 Å². The summed E-state index contributed by atoms with van der Waals surface area (Å²) in [5.41, 5.74) is 2.28. The molecule has 4 heteroatoms. The van der Waals surface area contributed by atoms with Crippen LogP contribution in [0.2, 0.25) is 0 Å². The van der Waals surface area contributed by atoms with E-state index in [1.807, 2.05) is 12.1 Å². The molecule has 0 spiro atoms. The van der Waals surface area contributed by atoms with Crippen LogP contribution in [0, 0.1) is 0 Å². The summed E-state index contributed by atoms with van der Waals surface area (Å²) in [7, 11) is 0. The molecule has 0 unspecified atom stereocenters. The van der Waals surface area contributed by atoms with Gasteiger partial charge in [-0.05, 0) is 43.5 Å². The second-order valence-corrected chi connectivity index (χ2v) is 5.30. The van der Waals surface area contributed by atoms with Crippen molar-refractivity contribution in [1.29, 1.82) is 0 Å². The molecule has 2 rings (SSSR count). The van der Waals surface area contributed by atoms with Crippen LogP contribution in [0.15, 0.2) is 24.3 Å². The maximum Gasteiger partial charge on any atom is 0.239 e. The molecule has 2 N–H and O–H groups in total. The first-order chi connectivity index (χ1) is 9.79. The molecule has 110 valence electrons. The van der Waals surface area contributed by atoms with Gasteiger partial charge >= 0.3 is 0 Å². The van der Waals surface area contributed by atoms with Crippen molar-refractivity contribution in [3.63, 3.8) is 0 Å². The predicted octanol–water partition coefficient (Wildman–Crippen LogP) is 2.62. The summed E-state index contributed by atoms with van der Waals surface area (Å²) in [5, 5.41) is 6.06. The zero-order valence-corrected chi connectivity index (χ0v) is 12.3. The minimum absolute atomic E-state index is 0.0575. The molecule has 1 heterocycles. The fourth-order valence-corrected chi connectivity index (χ4v) is 2.41. The summed E-state index contributed by atoms with van der Waals surface area (Å²) in [6.45, 7) is 5.54. The third-order valence-corrected chi connectivity index (χ3v) is 3.64. The van der Waals surface area contributed by atoms with Gasteiger partial charge in [0, 0.05) is 31.0 Å². The van der Waals surface area contributed by atoms with Gasteiger partial charge in [-0.1, -0.05) is 13.3 Å². The van der Waals surface area contributed by atoms with Crippen molar-refractivity contribution in [2.24, 2.45) is 0 Å². The third-order valence-electron chi connectivity index (χ3n) is 3.64. The molecule has 0 radical (unpaired) electrons. The molecule has 1 aromatic rings. The summed E-state index contributed by atoms with van der Waals surface area (Å²) in [5.74, 6) is 0.0575. The predicted molar refractivity (Wildman–Crippen MR) is 84.3 cm³/mol. The molecule has 0 saturated carbocycles. The number of carbonyl (C=O) groups excluding carboxylic acids is 1. The van der Waals surface area contributed by atoms with Gasteiger partial charge in [-0.15, -0.1) is 0 Å². The second-order valence-electron chi connectivity index (χ2n) is 5.30. The number of nitrogens with zero attached hydrogens (tertiary/aromatic N) is 1. The van der Waals surface area contributed by atoms with Crippen molar-refractivity contribution < 1.29 is 4.79 Å². The summed E-state index contributed by atoms with van der Waals surface area (Å²) in [6, 6.07) is 8.35. The van der Waals surface area contributed by atoms with Crippen molar-refractivity contribution in [3.8, 4) is 0 Å². The van der Waals surface area contributed by atoms with Gasteiger partial charge in [0.15, 0.2) is 0 Å². The van der Waals surface area contributed by atoms with E-state index in [0.29, 0.717) is 6.54 Å². The Morgan fingerprint density at radius 1 is 1.20 bits per heavy atom. The fourth-order valence-electron chi connectivity index (χ4n) is 2.41. The molecule has 1 amide bonds. The molecule has 1 aliphatic rings. The third kappa shape index (κ3) is 4.44. The Labute approximate surface area is 121 Å². The molecular weight excluding hydrogens is 250 g/mol. The van der Waals surface area contributed by atoms with E-state index in [1.165, 1.54) is 18.5 Å². The number of nitrogens with one attached hydrogen (secondary N) is 2. The minimum atomic E-state index is 0.0575. The number of hydrogen-bond acceptors (Lipinski definition) is 3. The van der Waals surface area contributed by atoms with E-state index in [2.05, 4.69) is 34.6 Å². The van der Waals surface area contributed by atoms with Gasteiger partial charge in [0.05, 0.1) is 6.54 Å². The van der Waals surface area contributed by atoms with Crippen LogP contribution in [0.4, 0.5) is 11.4 Å². The van der Waals surface area contributed by atoms with E-state index >= 15 is 0 Å². The second kappa shape index (κ2) is 7.78. The Kier molecular flexibility index (Phi) is 5.71. The van der Waals surface area contributed by atoms with Crippen LogP contribution in [0.5, 0.6) is 0 Å². The van der Waals surface area contributed by atoms with E-state index in [4.69, 9.17) is 0 Å². The first-order valence-electron chi connectivity index (χ1n) is 7.65. The highest BCUT2D eigenvalue weighted by Crippen LogP contribution is 2.21. The number of amides is 1. The lowest BCUT2D eigenvalue weighted by Crippen LogP contribution is -2.30. The first-order valence-corrected chi connectivity index (χ1v) is 7.65. The molecule has 1 aromatic carbocycles. The Morgan fingerprint density at radius 2 is 1.90 bits per heavy atom. The Bertz CT molecular complexity index is 410. The minimum Gasteiger partial charge on any atom is -0.376 e. The highest BCUT2D eigenvalue weighted by atomic mass is 16.1. The van der Waals surface area contributed by atoms with Crippen LogP contribution in [-0.4, -0.2) is 32.1 Å². The molecule has 0 aliphatic carbocycles. The van der Waals surface area contributed by atoms with E-state index in [9.17, 15) is 4.79 Å². The number of unbranched alkanes of at least 4 members (excludes halogenated alkanes) is 1. The van der Waals surface area contributed by atoms with Gasteiger partial charge in [-0.3, -0.25) is 4.79 Å². The monoisotopic (exact) mass is 275 g/mol. The molecule has 1 saturated heterocycles. The van der Waals surface area contributed by atoms with Gasteiger partial charge in [0.25, 0.3) is 0 Å². The Balaban J connectivity index is 1.74. The van der Waals surface area contributed by atoms with Gasteiger partial charge in [-0.25, -0.2) is 0 Å². The highest BCUT2D eigenvalue weighted by Gasteiger charge is 2.11. The molecule has 1 fully saturated rings. The summed E-state index contributed by atoms with van der Waals surface area (Å²) >= 11 is 0. The Morgan fingerprint density at radius 3 is 2.55 bits per heavy atom. The lowest BCUT2D eigenvalue weighted by atomic mass is 10.2. The maximum atomic E-state index is 11.6. The molecule has 4 nitrogen and oxygen atoms in total. The first kappa shape index (κ1) is 14.7. The van der Waals surface area contributed by atoms with Crippen molar-refractivity contribution in [2.45, 2.75) is 32.6 Å². The largest absolute Gasteiger partial charge is 0.376 e. The van der Waals surface area contributed by atoms with Crippen molar-refractivity contribution in [2.75, 3.05) is 36.4 Å². The lowest BCUT2D eigenvalue weighted by Gasteiger charge is -2.18.